The average Bonchev–Trinajstić information content (AvgIpc) is 3.03. The van der Waals surface area contributed by atoms with Gasteiger partial charge in [-0.3, -0.25) is 9.59 Å². The van der Waals surface area contributed by atoms with Crippen LogP contribution in [0.25, 0.3) is 0 Å². The maximum atomic E-state index is 11.7. The molecule has 1 aliphatic heterocycles. The Labute approximate surface area is 160 Å². The van der Waals surface area contributed by atoms with Crippen molar-refractivity contribution in [2.24, 2.45) is 0 Å². The van der Waals surface area contributed by atoms with Gasteiger partial charge in [-0.2, -0.15) is 0 Å². The van der Waals surface area contributed by atoms with Crippen molar-refractivity contribution in [3.63, 3.8) is 0 Å². The minimum Gasteiger partial charge on any atom is -0.457 e. The van der Waals surface area contributed by atoms with E-state index in [0.29, 0.717) is 17.4 Å². The van der Waals surface area contributed by atoms with Crippen LogP contribution in [-0.2, 0) is 9.59 Å². The topological polar surface area (TPSA) is 46.6 Å². The van der Waals surface area contributed by atoms with Gasteiger partial charge in [0.25, 0.3) is 11.8 Å². The highest BCUT2D eigenvalue weighted by Gasteiger charge is 2.24. The summed E-state index contributed by atoms with van der Waals surface area (Å²) in [7, 11) is 0. The lowest BCUT2D eigenvalue weighted by Crippen LogP contribution is -2.29. The van der Waals surface area contributed by atoms with Crippen molar-refractivity contribution in [2.75, 3.05) is 4.90 Å². The lowest BCUT2D eigenvalue weighted by molar-refractivity contribution is -0.119. The molecule has 2 aromatic rings. The number of hydrogen-bond donors (Lipinski definition) is 0. The zero-order valence-electron chi connectivity index (χ0n) is 15.9. The van der Waals surface area contributed by atoms with Gasteiger partial charge >= 0.3 is 0 Å². The normalized spacial score (nSPS) is 14.7. The van der Waals surface area contributed by atoms with E-state index < -0.39 is 0 Å². The summed E-state index contributed by atoms with van der Waals surface area (Å²) in [5, 5.41) is 0. The predicted octanol–water partition coefficient (Wildman–Crippen LogP) is 5.59. The molecule has 1 atom stereocenters. The molecule has 0 fully saturated rings. The molecule has 0 N–H and O–H groups in total. The molecule has 0 aromatic heterocycles. The zero-order chi connectivity index (χ0) is 19.2. The van der Waals surface area contributed by atoms with Gasteiger partial charge in [0.05, 0.1) is 5.69 Å². The fourth-order valence-electron chi connectivity index (χ4n) is 3.32. The van der Waals surface area contributed by atoms with Gasteiger partial charge < -0.3 is 4.74 Å². The van der Waals surface area contributed by atoms with Crippen LogP contribution in [0.3, 0.4) is 0 Å². The highest BCUT2D eigenvalue weighted by atomic mass is 16.5. The average molecular weight is 363 g/mol. The molecule has 0 spiro atoms. The van der Waals surface area contributed by atoms with Crippen molar-refractivity contribution in [2.45, 2.75) is 45.4 Å². The molecule has 1 aliphatic rings. The molecule has 0 aliphatic carbocycles. The minimum atomic E-state index is -0.321. The van der Waals surface area contributed by atoms with Gasteiger partial charge in [-0.1, -0.05) is 38.8 Å². The first-order chi connectivity index (χ1) is 13.1. The summed E-state index contributed by atoms with van der Waals surface area (Å²) >= 11 is 0. The maximum Gasteiger partial charge on any atom is 0.258 e. The zero-order valence-corrected chi connectivity index (χ0v) is 15.9. The Morgan fingerprint density at radius 3 is 1.93 bits per heavy atom. The number of anilines is 1. The number of hydrogen-bond acceptors (Lipinski definition) is 3. The molecule has 0 bridgehead atoms. The number of carbonyl (C=O) groups is 2. The van der Waals surface area contributed by atoms with Crippen LogP contribution in [0.4, 0.5) is 5.69 Å². The summed E-state index contributed by atoms with van der Waals surface area (Å²) in [6.45, 7) is 4.46. The van der Waals surface area contributed by atoms with Gasteiger partial charge in [0, 0.05) is 12.2 Å². The summed E-state index contributed by atoms with van der Waals surface area (Å²) in [6.07, 6.45) is 7.39. The molecule has 0 radical (unpaired) electrons. The molecule has 4 heteroatoms. The van der Waals surface area contributed by atoms with Crippen molar-refractivity contribution in [3.05, 3.63) is 66.2 Å². The van der Waals surface area contributed by atoms with Crippen LogP contribution in [0, 0.1) is 0 Å². The van der Waals surface area contributed by atoms with E-state index in [-0.39, 0.29) is 11.8 Å². The fraction of sp³-hybridized carbons (Fsp3) is 0.304. The number of imide groups is 1. The monoisotopic (exact) mass is 363 g/mol. The third-order valence-corrected chi connectivity index (χ3v) is 4.89. The molecule has 3 rings (SSSR count). The van der Waals surface area contributed by atoms with Crippen LogP contribution in [0.15, 0.2) is 60.7 Å². The van der Waals surface area contributed by atoms with E-state index in [1.165, 1.54) is 37.0 Å². The van der Waals surface area contributed by atoms with Crippen molar-refractivity contribution in [1.82, 2.24) is 0 Å². The summed E-state index contributed by atoms with van der Waals surface area (Å²) in [5.74, 6) is 1.39. The number of carbonyl (C=O) groups excluding carboxylic acids is 2. The van der Waals surface area contributed by atoms with E-state index in [1.807, 2.05) is 12.1 Å². The first kappa shape index (κ1) is 18.9. The van der Waals surface area contributed by atoms with E-state index in [2.05, 4.69) is 26.0 Å². The van der Waals surface area contributed by atoms with Crippen LogP contribution >= 0.6 is 0 Å². The van der Waals surface area contributed by atoms with Gasteiger partial charge in [-0.15, -0.1) is 0 Å². The summed E-state index contributed by atoms with van der Waals surface area (Å²) in [6, 6.07) is 15.2. The lowest BCUT2D eigenvalue weighted by Gasteiger charge is -2.16. The molecular formula is C23H25NO3. The molecular weight excluding hydrogens is 338 g/mol. The SMILES string of the molecule is CCCCC(CC)c1ccc(Oc2ccc(N3C(=O)C=CC3=O)cc2)cc1. The molecule has 2 aromatic carbocycles. The highest BCUT2D eigenvalue weighted by molar-refractivity contribution is 6.28. The maximum absolute atomic E-state index is 11.7. The first-order valence-electron chi connectivity index (χ1n) is 9.56. The van der Waals surface area contributed by atoms with Gasteiger partial charge in [-0.25, -0.2) is 4.90 Å². The molecule has 1 unspecified atom stereocenters. The highest BCUT2D eigenvalue weighted by Crippen LogP contribution is 2.29. The summed E-state index contributed by atoms with van der Waals surface area (Å²) < 4.78 is 5.90. The molecule has 140 valence electrons. The van der Waals surface area contributed by atoms with Gasteiger partial charge in [0.1, 0.15) is 11.5 Å². The van der Waals surface area contributed by atoms with Gasteiger partial charge in [-0.05, 0) is 60.7 Å². The summed E-state index contributed by atoms with van der Waals surface area (Å²) in [4.78, 5) is 24.6. The largest absolute Gasteiger partial charge is 0.457 e. The van der Waals surface area contributed by atoms with E-state index in [4.69, 9.17) is 4.74 Å². The molecule has 27 heavy (non-hydrogen) atoms. The molecule has 4 nitrogen and oxygen atoms in total. The second-order valence-corrected chi connectivity index (χ2v) is 6.76. The van der Waals surface area contributed by atoms with Crippen molar-refractivity contribution >= 4 is 17.5 Å². The number of ether oxygens (including phenoxy) is 1. The van der Waals surface area contributed by atoms with Crippen molar-refractivity contribution < 1.29 is 14.3 Å². The Hall–Kier alpha value is -2.88. The van der Waals surface area contributed by atoms with Gasteiger partial charge in [0.15, 0.2) is 0 Å². The second kappa shape index (κ2) is 8.67. The minimum absolute atomic E-state index is 0.321. The van der Waals surface area contributed by atoms with E-state index in [0.717, 1.165) is 17.1 Å². The van der Waals surface area contributed by atoms with Crippen molar-refractivity contribution in [3.8, 4) is 11.5 Å². The number of unbranched alkanes of at least 4 members (excludes halogenated alkanes) is 1. The second-order valence-electron chi connectivity index (χ2n) is 6.76. The van der Waals surface area contributed by atoms with Gasteiger partial charge in [0.2, 0.25) is 0 Å². The predicted molar refractivity (Wildman–Crippen MR) is 107 cm³/mol. The van der Waals surface area contributed by atoms with Crippen LogP contribution in [0.1, 0.15) is 51.0 Å². The Morgan fingerprint density at radius 2 is 1.41 bits per heavy atom. The number of benzene rings is 2. The van der Waals surface area contributed by atoms with Crippen LogP contribution in [0.2, 0.25) is 0 Å². The first-order valence-corrected chi connectivity index (χ1v) is 9.56. The lowest BCUT2D eigenvalue weighted by atomic mass is 9.91. The van der Waals surface area contributed by atoms with Crippen LogP contribution in [0.5, 0.6) is 11.5 Å². The standard InChI is InChI=1S/C23H25NO3/c1-3-5-6-17(4-2)18-7-11-20(12-8-18)27-21-13-9-19(10-14-21)24-22(25)15-16-23(24)26/h7-17H,3-6H2,1-2H3. The van der Waals surface area contributed by atoms with Crippen LogP contribution in [-0.4, -0.2) is 11.8 Å². The molecule has 1 heterocycles. The Kier molecular flexibility index (Phi) is 6.07. The fourth-order valence-corrected chi connectivity index (χ4v) is 3.32. The smallest absolute Gasteiger partial charge is 0.258 e. The van der Waals surface area contributed by atoms with Crippen molar-refractivity contribution in [1.29, 1.82) is 0 Å². The number of nitrogens with zero attached hydrogens (tertiary/aromatic N) is 1. The third kappa shape index (κ3) is 4.45. The van der Waals surface area contributed by atoms with E-state index >= 15 is 0 Å². The van der Waals surface area contributed by atoms with E-state index in [9.17, 15) is 9.59 Å². The third-order valence-electron chi connectivity index (χ3n) is 4.89. The Bertz CT molecular complexity index is 804. The molecule has 0 saturated heterocycles. The Morgan fingerprint density at radius 1 is 0.852 bits per heavy atom. The number of amides is 2. The van der Waals surface area contributed by atoms with Crippen LogP contribution < -0.4 is 9.64 Å². The number of rotatable bonds is 8. The molecule has 2 amide bonds. The molecule has 0 saturated carbocycles. The quantitative estimate of drug-likeness (QED) is 0.574. The Balaban J connectivity index is 1.65. The van der Waals surface area contributed by atoms with E-state index in [1.54, 1.807) is 24.3 Å². The summed E-state index contributed by atoms with van der Waals surface area (Å²) in [5.41, 5.74) is 1.90.